The SMILES string of the molecule is CN=C(NCCCSC)N1CCN(Cc2cc(OC)ccc2OC)CC1. The number of guanidine groups is 1. The summed E-state index contributed by atoms with van der Waals surface area (Å²) in [5.74, 6) is 3.98. The Morgan fingerprint density at radius 3 is 2.58 bits per heavy atom. The second-order valence-corrected chi connectivity index (χ2v) is 7.25. The van der Waals surface area contributed by atoms with Gasteiger partial charge in [-0.15, -0.1) is 0 Å². The van der Waals surface area contributed by atoms with E-state index in [2.05, 4.69) is 32.4 Å². The van der Waals surface area contributed by atoms with Crippen molar-refractivity contribution in [2.45, 2.75) is 13.0 Å². The molecule has 0 aromatic heterocycles. The van der Waals surface area contributed by atoms with E-state index in [0.29, 0.717) is 0 Å². The molecule has 1 aromatic carbocycles. The van der Waals surface area contributed by atoms with Crippen molar-refractivity contribution in [3.05, 3.63) is 23.8 Å². The molecule has 0 aliphatic carbocycles. The summed E-state index contributed by atoms with van der Waals surface area (Å²) in [7, 11) is 5.28. The normalized spacial score (nSPS) is 15.8. The number of hydrogen-bond donors (Lipinski definition) is 1. The predicted octanol–water partition coefficient (Wildman–Crippen LogP) is 2.15. The molecule has 0 atom stereocenters. The van der Waals surface area contributed by atoms with Gasteiger partial charge in [0.05, 0.1) is 14.2 Å². The van der Waals surface area contributed by atoms with E-state index < -0.39 is 0 Å². The number of hydrogen-bond acceptors (Lipinski definition) is 5. The van der Waals surface area contributed by atoms with E-state index in [1.54, 1.807) is 14.2 Å². The van der Waals surface area contributed by atoms with Crippen LogP contribution in [-0.2, 0) is 6.54 Å². The highest BCUT2D eigenvalue weighted by Crippen LogP contribution is 2.25. The fourth-order valence-corrected chi connectivity index (χ4v) is 3.55. The number of rotatable bonds is 8. The van der Waals surface area contributed by atoms with E-state index in [-0.39, 0.29) is 0 Å². The van der Waals surface area contributed by atoms with E-state index >= 15 is 0 Å². The van der Waals surface area contributed by atoms with Crippen LogP contribution >= 0.6 is 11.8 Å². The van der Waals surface area contributed by atoms with Gasteiger partial charge in [0, 0.05) is 51.9 Å². The minimum Gasteiger partial charge on any atom is -0.497 e. The quantitative estimate of drug-likeness (QED) is 0.424. The lowest BCUT2D eigenvalue weighted by Crippen LogP contribution is -2.52. The highest BCUT2D eigenvalue weighted by molar-refractivity contribution is 7.98. The lowest BCUT2D eigenvalue weighted by molar-refractivity contribution is 0.171. The average Bonchev–Trinajstić information content (AvgIpc) is 2.69. The summed E-state index contributed by atoms with van der Waals surface area (Å²) < 4.78 is 10.9. The summed E-state index contributed by atoms with van der Waals surface area (Å²) in [4.78, 5) is 9.24. The Morgan fingerprint density at radius 2 is 1.96 bits per heavy atom. The zero-order valence-electron chi connectivity index (χ0n) is 16.5. The third-order valence-electron chi connectivity index (χ3n) is 4.57. The molecule has 1 fully saturated rings. The third-order valence-corrected chi connectivity index (χ3v) is 5.27. The number of methoxy groups -OCH3 is 2. The van der Waals surface area contributed by atoms with Gasteiger partial charge in [0.15, 0.2) is 5.96 Å². The van der Waals surface area contributed by atoms with Crippen molar-refractivity contribution in [1.29, 1.82) is 0 Å². The van der Waals surface area contributed by atoms with Crippen LogP contribution in [-0.4, -0.2) is 81.8 Å². The summed E-state index contributed by atoms with van der Waals surface area (Å²) >= 11 is 1.88. The second kappa shape index (κ2) is 11.2. The largest absolute Gasteiger partial charge is 0.497 e. The van der Waals surface area contributed by atoms with Crippen LogP contribution in [0.15, 0.2) is 23.2 Å². The molecular weight excluding hydrogens is 348 g/mol. The van der Waals surface area contributed by atoms with Crippen molar-refractivity contribution in [3.63, 3.8) is 0 Å². The monoisotopic (exact) mass is 380 g/mol. The first-order valence-electron chi connectivity index (χ1n) is 9.09. The predicted molar refractivity (Wildman–Crippen MR) is 111 cm³/mol. The number of nitrogens with zero attached hydrogens (tertiary/aromatic N) is 3. The molecule has 146 valence electrons. The number of benzene rings is 1. The zero-order chi connectivity index (χ0) is 18.8. The number of thioether (sulfide) groups is 1. The number of piperazine rings is 1. The number of aliphatic imine (C=N–C) groups is 1. The van der Waals surface area contributed by atoms with Gasteiger partial charge in [-0.3, -0.25) is 9.89 Å². The maximum Gasteiger partial charge on any atom is 0.193 e. The molecule has 2 rings (SSSR count). The van der Waals surface area contributed by atoms with Crippen LogP contribution in [0.5, 0.6) is 11.5 Å². The van der Waals surface area contributed by atoms with Crippen LogP contribution in [0.1, 0.15) is 12.0 Å². The molecule has 1 saturated heterocycles. The van der Waals surface area contributed by atoms with E-state index in [1.165, 1.54) is 11.3 Å². The number of ether oxygens (including phenoxy) is 2. The van der Waals surface area contributed by atoms with Crippen molar-refractivity contribution in [3.8, 4) is 11.5 Å². The first kappa shape index (κ1) is 20.7. The molecular formula is C19H32N4O2S. The highest BCUT2D eigenvalue weighted by atomic mass is 32.2. The molecule has 0 saturated carbocycles. The summed E-state index contributed by atoms with van der Waals surface area (Å²) in [5.41, 5.74) is 1.17. The van der Waals surface area contributed by atoms with Gasteiger partial charge in [0.1, 0.15) is 11.5 Å². The zero-order valence-corrected chi connectivity index (χ0v) is 17.3. The molecule has 0 radical (unpaired) electrons. The molecule has 7 heteroatoms. The Hall–Kier alpha value is -1.60. The van der Waals surface area contributed by atoms with Crippen molar-refractivity contribution >= 4 is 17.7 Å². The summed E-state index contributed by atoms with van der Waals surface area (Å²) in [5, 5.41) is 3.48. The van der Waals surface area contributed by atoms with E-state index in [4.69, 9.17) is 9.47 Å². The van der Waals surface area contributed by atoms with Crippen molar-refractivity contribution < 1.29 is 9.47 Å². The molecule has 1 heterocycles. The van der Waals surface area contributed by atoms with Crippen LogP contribution in [0.25, 0.3) is 0 Å². The Bertz CT molecular complexity index is 575. The van der Waals surface area contributed by atoms with Crippen LogP contribution < -0.4 is 14.8 Å². The second-order valence-electron chi connectivity index (χ2n) is 6.26. The average molecular weight is 381 g/mol. The van der Waals surface area contributed by atoms with Gasteiger partial charge < -0.3 is 19.7 Å². The summed E-state index contributed by atoms with van der Waals surface area (Å²) in [6.45, 7) is 5.82. The fraction of sp³-hybridized carbons (Fsp3) is 0.632. The first-order valence-corrected chi connectivity index (χ1v) is 10.5. The number of nitrogens with one attached hydrogen (secondary N) is 1. The molecule has 0 unspecified atom stereocenters. The maximum atomic E-state index is 5.50. The van der Waals surface area contributed by atoms with Crippen molar-refractivity contribution in [1.82, 2.24) is 15.1 Å². The van der Waals surface area contributed by atoms with Crippen LogP contribution in [0, 0.1) is 0 Å². The third kappa shape index (κ3) is 5.99. The van der Waals surface area contributed by atoms with Gasteiger partial charge in [0.2, 0.25) is 0 Å². The molecule has 0 bridgehead atoms. The van der Waals surface area contributed by atoms with Crippen LogP contribution in [0.4, 0.5) is 0 Å². The van der Waals surface area contributed by atoms with E-state index in [0.717, 1.165) is 63.1 Å². The van der Waals surface area contributed by atoms with Gasteiger partial charge in [-0.05, 0) is 36.6 Å². The smallest absolute Gasteiger partial charge is 0.193 e. The first-order chi connectivity index (χ1) is 12.7. The fourth-order valence-electron chi connectivity index (χ4n) is 3.11. The molecule has 1 N–H and O–H groups in total. The van der Waals surface area contributed by atoms with Gasteiger partial charge in [0.25, 0.3) is 0 Å². The minimum atomic E-state index is 0.869. The Morgan fingerprint density at radius 1 is 1.19 bits per heavy atom. The summed E-state index contributed by atoms with van der Waals surface area (Å²) in [6, 6.07) is 5.98. The van der Waals surface area contributed by atoms with Gasteiger partial charge in [-0.2, -0.15) is 11.8 Å². The van der Waals surface area contributed by atoms with Gasteiger partial charge >= 0.3 is 0 Å². The molecule has 0 amide bonds. The van der Waals surface area contributed by atoms with E-state index in [9.17, 15) is 0 Å². The minimum absolute atomic E-state index is 0.869. The van der Waals surface area contributed by atoms with E-state index in [1.807, 2.05) is 30.9 Å². The topological polar surface area (TPSA) is 49.3 Å². The maximum absolute atomic E-state index is 5.50. The van der Waals surface area contributed by atoms with Gasteiger partial charge in [-0.25, -0.2) is 0 Å². The van der Waals surface area contributed by atoms with Crippen molar-refractivity contribution in [2.75, 3.05) is 66.0 Å². The molecule has 26 heavy (non-hydrogen) atoms. The molecule has 0 spiro atoms. The lowest BCUT2D eigenvalue weighted by Gasteiger charge is -2.36. The Labute approximate surface area is 161 Å². The Balaban J connectivity index is 1.86. The molecule has 1 aromatic rings. The van der Waals surface area contributed by atoms with Crippen LogP contribution in [0.3, 0.4) is 0 Å². The van der Waals surface area contributed by atoms with Crippen LogP contribution in [0.2, 0.25) is 0 Å². The summed E-state index contributed by atoms with van der Waals surface area (Å²) in [6.07, 6.45) is 3.31. The van der Waals surface area contributed by atoms with Gasteiger partial charge in [-0.1, -0.05) is 0 Å². The Kier molecular flexibility index (Phi) is 8.91. The standard InChI is InChI=1S/C19H32N4O2S/c1-20-19(21-8-5-13-26-4)23-11-9-22(10-12-23)15-16-14-17(24-2)6-7-18(16)25-3/h6-7,14H,5,8-13,15H2,1-4H3,(H,20,21). The molecule has 6 nitrogen and oxygen atoms in total. The molecule has 1 aliphatic rings. The van der Waals surface area contributed by atoms with Crippen molar-refractivity contribution in [2.24, 2.45) is 4.99 Å². The highest BCUT2D eigenvalue weighted by Gasteiger charge is 2.20. The molecule has 1 aliphatic heterocycles. The lowest BCUT2D eigenvalue weighted by atomic mass is 10.1.